The number of nitrogens with one attached hydrogen (secondary N) is 1. The molecule has 0 unspecified atom stereocenters. The Bertz CT molecular complexity index is 1280. The van der Waals surface area contributed by atoms with E-state index < -0.39 is 23.7 Å². The molecule has 0 saturated carbocycles. The largest absolute Gasteiger partial charge is 0.439 e. The van der Waals surface area contributed by atoms with E-state index in [-0.39, 0.29) is 11.6 Å². The molecule has 0 bridgehead atoms. The van der Waals surface area contributed by atoms with Crippen LogP contribution < -0.4 is 10.1 Å². The van der Waals surface area contributed by atoms with Gasteiger partial charge in [-0.15, -0.1) is 0 Å². The number of aromatic nitrogens is 2. The van der Waals surface area contributed by atoms with Gasteiger partial charge in [0.05, 0.1) is 5.56 Å². The van der Waals surface area contributed by atoms with Gasteiger partial charge in [-0.1, -0.05) is 29.8 Å². The topological polar surface area (TPSA) is 84.4 Å². The summed E-state index contributed by atoms with van der Waals surface area (Å²) in [5.41, 5.74) is 2.01. The third kappa shape index (κ3) is 6.47. The third-order valence-corrected chi connectivity index (χ3v) is 5.55. The minimum Gasteiger partial charge on any atom is -0.439 e. The lowest BCUT2D eigenvalue weighted by atomic mass is 10.0. The van der Waals surface area contributed by atoms with E-state index in [2.05, 4.69) is 15.3 Å². The molecule has 1 aromatic carbocycles. The van der Waals surface area contributed by atoms with Crippen LogP contribution in [0.3, 0.4) is 0 Å². The summed E-state index contributed by atoms with van der Waals surface area (Å²) < 4.78 is 43.7. The van der Waals surface area contributed by atoms with E-state index in [1.807, 2.05) is 12.1 Å². The molecule has 1 saturated heterocycles. The molecule has 0 atom stereocenters. The highest BCUT2D eigenvalue weighted by Crippen LogP contribution is 2.30. The molecule has 186 valence electrons. The van der Waals surface area contributed by atoms with Gasteiger partial charge in [0, 0.05) is 31.0 Å². The number of hydrogen-bond acceptors (Lipinski definition) is 5. The Kier molecular flexibility index (Phi) is 7.33. The van der Waals surface area contributed by atoms with Crippen molar-refractivity contribution < 1.29 is 27.5 Å². The first kappa shape index (κ1) is 24.9. The van der Waals surface area contributed by atoms with Gasteiger partial charge in [-0.2, -0.15) is 13.2 Å². The minimum atomic E-state index is -4.46. The first-order chi connectivity index (χ1) is 17.2. The van der Waals surface area contributed by atoms with Crippen molar-refractivity contribution in [3.63, 3.8) is 0 Å². The molecule has 10 heteroatoms. The number of halogens is 3. The number of aryl methyl sites for hydroxylation is 1. The predicted octanol–water partition coefficient (Wildman–Crippen LogP) is 5.63. The van der Waals surface area contributed by atoms with E-state index in [9.17, 15) is 22.8 Å². The Labute approximate surface area is 205 Å². The van der Waals surface area contributed by atoms with Crippen molar-refractivity contribution in [2.75, 3.05) is 13.1 Å². The second kappa shape index (κ2) is 10.6. The van der Waals surface area contributed by atoms with E-state index in [1.165, 1.54) is 6.07 Å². The second-order valence-electron chi connectivity index (χ2n) is 8.27. The Hall–Kier alpha value is -4.21. The zero-order valence-corrected chi connectivity index (χ0v) is 19.4. The van der Waals surface area contributed by atoms with E-state index in [0.717, 1.165) is 23.4 Å². The van der Waals surface area contributed by atoms with Crippen LogP contribution in [0.15, 0.2) is 66.4 Å². The van der Waals surface area contributed by atoms with E-state index in [4.69, 9.17) is 4.74 Å². The maximum Gasteiger partial charge on any atom is 0.417 e. The van der Waals surface area contributed by atoms with E-state index in [1.54, 1.807) is 48.2 Å². The van der Waals surface area contributed by atoms with Crippen molar-refractivity contribution in [3.05, 3.63) is 88.9 Å². The Balaban J connectivity index is 1.32. The van der Waals surface area contributed by atoms with Crippen LogP contribution >= 0.6 is 0 Å². The molecule has 3 aromatic rings. The lowest BCUT2D eigenvalue weighted by Crippen LogP contribution is -2.45. The number of likely N-dealkylation sites (tertiary alicyclic amines) is 1. The number of pyridine rings is 2. The average Bonchev–Trinajstić information content (AvgIpc) is 2.84. The average molecular weight is 496 g/mol. The van der Waals surface area contributed by atoms with Gasteiger partial charge in [-0.25, -0.2) is 14.8 Å². The van der Waals surface area contributed by atoms with Crippen LogP contribution in [-0.4, -0.2) is 39.9 Å². The van der Waals surface area contributed by atoms with Crippen molar-refractivity contribution in [2.45, 2.75) is 25.9 Å². The summed E-state index contributed by atoms with van der Waals surface area (Å²) in [6, 6.07) is 13.8. The highest BCUT2D eigenvalue weighted by Gasteiger charge is 2.30. The van der Waals surface area contributed by atoms with Crippen LogP contribution in [-0.2, 0) is 6.18 Å². The lowest BCUT2D eigenvalue weighted by Gasteiger charge is -2.28. The molecule has 7 nitrogen and oxygen atoms in total. The molecule has 36 heavy (non-hydrogen) atoms. The molecule has 3 amide bonds. The molecule has 4 rings (SSSR count). The molecule has 0 aliphatic carbocycles. The van der Waals surface area contributed by atoms with Gasteiger partial charge < -0.3 is 9.64 Å². The number of urea groups is 1. The molecule has 0 spiro atoms. The van der Waals surface area contributed by atoms with E-state index in [0.29, 0.717) is 37.4 Å². The van der Waals surface area contributed by atoms with Gasteiger partial charge in [0.1, 0.15) is 11.4 Å². The summed E-state index contributed by atoms with van der Waals surface area (Å²) in [7, 11) is 0. The number of imide groups is 1. The number of carbonyl (C=O) groups is 2. The summed E-state index contributed by atoms with van der Waals surface area (Å²) in [6.07, 6.45) is -0.465. The Morgan fingerprint density at radius 3 is 2.47 bits per heavy atom. The maximum atomic E-state index is 12.7. The SMILES string of the molecule is Cc1cccc(C(=O)NC(=O)N2CCC(=Cc3cccc(Oc4ccc(C(F)(F)F)cn4)c3)CC2)n1. The molecule has 2 aromatic heterocycles. The minimum absolute atomic E-state index is 0.0579. The molecular formula is C26H23F3N4O3. The summed E-state index contributed by atoms with van der Waals surface area (Å²) in [5, 5.41) is 2.38. The van der Waals surface area contributed by atoms with Gasteiger partial charge in [0.15, 0.2) is 0 Å². The highest BCUT2D eigenvalue weighted by molar-refractivity contribution is 6.03. The van der Waals surface area contributed by atoms with Gasteiger partial charge in [0.25, 0.3) is 5.91 Å². The molecule has 3 heterocycles. The number of benzene rings is 1. The van der Waals surface area contributed by atoms with Crippen molar-refractivity contribution in [1.29, 1.82) is 0 Å². The number of rotatable bonds is 4. The third-order valence-electron chi connectivity index (χ3n) is 5.55. The molecule has 1 N–H and O–H groups in total. The van der Waals surface area contributed by atoms with Crippen molar-refractivity contribution in [1.82, 2.24) is 20.2 Å². The predicted molar refractivity (Wildman–Crippen MR) is 126 cm³/mol. The molecule has 1 fully saturated rings. The number of ether oxygens (including phenoxy) is 1. The fraction of sp³-hybridized carbons (Fsp3) is 0.231. The van der Waals surface area contributed by atoms with Crippen LogP contribution in [0.4, 0.5) is 18.0 Å². The van der Waals surface area contributed by atoms with Crippen LogP contribution in [0.5, 0.6) is 11.6 Å². The molecule has 1 aliphatic rings. The molecule has 0 radical (unpaired) electrons. The first-order valence-electron chi connectivity index (χ1n) is 11.2. The number of alkyl halides is 3. The van der Waals surface area contributed by atoms with Gasteiger partial charge in [0.2, 0.25) is 5.88 Å². The van der Waals surface area contributed by atoms with Crippen LogP contribution in [0.25, 0.3) is 6.08 Å². The van der Waals surface area contributed by atoms with Gasteiger partial charge >= 0.3 is 12.2 Å². The van der Waals surface area contributed by atoms with Crippen LogP contribution in [0.2, 0.25) is 0 Å². The Morgan fingerprint density at radius 1 is 1.06 bits per heavy atom. The summed E-state index contributed by atoms with van der Waals surface area (Å²) in [6.45, 7) is 2.68. The van der Waals surface area contributed by atoms with E-state index >= 15 is 0 Å². The first-order valence-corrected chi connectivity index (χ1v) is 11.2. The van der Waals surface area contributed by atoms with Crippen molar-refractivity contribution >= 4 is 18.0 Å². The summed E-state index contributed by atoms with van der Waals surface area (Å²) in [5.74, 6) is -0.0383. The summed E-state index contributed by atoms with van der Waals surface area (Å²) >= 11 is 0. The Morgan fingerprint density at radius 2 is 1.81 bits per heavy atom. The number of hydrogen-bond donors (Lipinski definition) is 1. The number of piperidine rings is 1. The fourth-order valence-corrected chi connectivity index (χ4v) is 3.68. The van der Waals surface area contributed by atoms with Crippen LogP contribution in [0, 0.1) is 6.92 Å². The molecule has 1 aliphatic heterocycles. The van der Waals surface area contributed by atoms with Crippen molar-refractivity contribution in [3.8, 4) is 11.6 Å². The number of carbonyl (C=O) groups excluding carboxylic acids is 2. The quantitative estimate of drug-likeness (QED) is 0.507. The second-order valence-corrected chi connectivity index (χ2v) is 8.27. The molecular weight excluding hydrogens is 473 g/mol. The fourth-order valence-electron chi connectivity index (χ4n) is 3.68. The van der Waals surface area contributed by atoms with Gasteiger partial charge in [-0.3, -0.25) is 10.1 Å². The standard InChI is InChI=1S/C26H23F3N4O3/c1-17-4-2-7-22(31-17)24(34)32-25(35)33-12-10-18(11-13-33)14-19-5-3-6-21(15-19)36-23-9-8-20(16-30-23)26(27,28)29/h2-9,14-16H,10-13H2,1H3,(H,32,34,35). The zero-order valence-electron chi connectivity index (χ0n) is 19.4. The number of amides is 3. The highest BCUT2D eigenvalue weighted by atomic mass is 19.4. The monoisotopic (exact) mass is 496 g/mol. The lowest BCUT2D eigenvalue weighted by molar-refractivity contribution is -0.137. The maximum absolute atomic E-state index is 12.7. The van der Waals surface area contributed by atoms with Crippen LogP contribution in [0.1, 0.15) is 40.2 Å². The van der Waals surface area contributed by atoms with Gasteiger partial charge in [-0.05, 0) is 55.7 Å². The zero-order chi connectivity index (χ0) is 25.7. The van der Waals surface area contributed by atoms with Crippen molar-refractivity contribution in [2.24, 2.45) is 0 Å². The summed E-state index contributed by atoms with van der Waals surface area (Å²) in [4.78, 5) is 34.2. The normalized spacial score (nSPS) is 13.8. The number of nitrogens with zero attached hydrogens (tertiary/aromatic N) is 3. The smallest absolute Gasteiger partial charge is 0.417 e.